The summed E-state index contributed by atoms with van der Waals surface area (Å²) in [6, 6.07) is 8.55. The van der Waals surface area contributed by atoms with E-state index in [-0.39, 0.29) is 17.0 Å². The standard InChI is InChI=1S/C34H44N4O6/c1-6-43-27-21-25(10-11-26(27)44-18-12-22(2)3)30-28(31(39)29-24(5)37-14-7-9-23(4)33(37)35-29)32(40)34(41)38(30)15-8-13-36-16-19-42-20-17-36/h7,9-11,14,21-22,30,39H,6,8,12-13,15-20H2,1-5H3. The van der Waals surface area contributed by atoms with Crippen molar-refractivity contribution in [3.63, 3.8) is 0 Å². The van der Waals surface area contributed by atoms with Gasteiger partial charge in [-0.2, -0.15) is 0 Å². The van der Waals surface area contributed by atoms with Crippen LogP contribution >= 0.6 is 0 Å². The molecule has 1 atom stereocenters. The minimum atomic E-state index is -0.811. The summed E-state index contributed by atoms with van der Waals surface area (Å²) in [5, 5.41) is 11.8. The molecule has 44 heavy (non-hydrogen) atoms. The summed E-state index contributed by atoms with van der Waals surface area (Å²) in [6.07, 6.45) is 3.44. The number of carbonyl (C=O) groups excluding carboxylic acids is 2. The van der Waals surface area contributed by atoms with Gasteiger partial charge in [0.15, 0.2) is 17.3 Å². The molecule has 2 aliphatic rings. The molecule has 0 bridgehead atoms. The molecule has 2 aliphatic heterocycles. The van der Waals surface area contributed by atoms with E-state index in [1.54, 1.807) is 4.90 Å². The van der Waals surface area contributed by atoms with E-state index in [9.17, 15) is 14.7 Å². The van der Waals surface area contributed by atoms with Crippen LogP contribution in [0.4, 0.5) is 0 Å². The van der Waals surface area contributed by atoms with Crippen molar-refractivity contribution in [3.8, 4) is 11.5 Å². The number of benzene rings is 1. The Morgan fingerprint density at radius 1 is 1.09 bits per heavy atom. The van der Waals surface area contributed by atoms with E-state index in [4.69, 9.17) is 19.2 Å². The van der Waals surface area contributed by atoms with Gasteiger partial charge in [-0.3, -0.25) is 14.5 Å². The maximum atomic E-state index is 13.7. The predicted octanol–water partition coefficient (Wildman–Crippen LogP) is 4.92. The maximum absolute atomic E-state index is 13.7. The quantitative estimate of drug-likeness (QED) is 0.177. The average Bonchev–Trinajstić information content (AvgIpc) is 3.48. The first kappa shape index (κ1) is 31.5. The molecule has 2 fully saturated rings. The Morgan fingerprint density at radius 2 is 1.86 bits per heavy atom. The van der Waals surface area contributed by atoms with Crippen LogP contribution in [-0.2, 0) is 14.3 Å². The number of ketones is 1. The van der Waals surface area contributed by atoms with Crippen molar-refractivity contribution in [2.45, 2.75) is 53.5 Å². The van der Waals surface area contributed by atoms with Gasteiger partial charge in [0.2, 0.25) is 0 Å². The first-order valence-electron chi connectivity index (χ1n) is 15.6. The number of likely N-dealkylation sites (tertiary alicyclic amines) is 1. The highest BCUT2D eigenvalue weighted by atomic mass is 16.5. The smallest absolute Gasteiger partial charge is 0.295 e. The van der Waals surface area contributed by atoms with Gasteiger partial charge >= 0.3 is 0 Å². The van der Waals surface area contributed by atoms with Gasteiger partial charge in [0.05, 0.1) is 43.7 Å². The largest absolute Gasteiger partial charge is 0.505 e. The van der Waals surface area contributed by atoms with Gasteiger partial charge in [-0.05, 0) is 68.9 Å². The van der Waals surface area contributed by atoms with Gasteiger partial charge in [0.25, 0.3) is 11.7 Å². The van der Waals surface area contributed by atoms with Gasteiger partial charge < -0.3 is 28.6 Å². The van der Waals surface area contributed by atoms with Crippen molar-refractivity contribution < 1.29 is 28.9 Å². The molecule has 1 unspecified atom stereocenters. The SMILES string of the molecule is CCOc1cc(C2C(=C(O)c3nc4c(C)cccn4c3C)C(=O)C(=O)N2CCCN2CCOCC2)ccc1OCCC(C)C. The minimum Gasteiger partial charge on any atom is -0.505 e. The summed E-state index contributed by atoms with van der Waals surface area (Å²) in [4.78, 5) is 35.9. The third-order valence-electron chi connectivity index (χ3n) is 8.36. The lowest BCUT2D eigenvalue weighted by Crippen LogP contribution is -2.39. The molecule has 10 nitrogen and oxygen atoms in total. The summed E-state index contributed by atoms with van der Waals surface area (Å²) in [7, 11) is 0. The molecule has 1 N–H and O–H groups in total. The lowest BCUT2D eigenvalue weighted by molar-refractivity contribution is -0.140. The fourth-order valence-electron chi connectivity index (χ4n) is 5.91. The van der Waals surface area contributed by atoms with E-state index in [0.717, 1.165) is 31.6 Å². The van der Waals surface area contributed by atoms with Crippen LogP contribution in [0.2, 0.25) is 0 Å². The summed E-state index contributed by atoms with van der Waals surface area (Å²) in [5.41, 5.74) is 3.28. The van der Waals surface area contributed by atoms with Crippen LogP contribution in [0.1, 0.15) is 62.2 Å². The first-order valence-corrected chi connectivity index (χ1v) is 15.6. The second-order valence-electron chi connectivity index (χ2n) is 11.9. The highest BCUT2D eigenvalue weighted by molar-refractivity contribution is 6.46. The molecule has 0 saturated carbocycles. The maximum Gasteiger partial charge on any atom is 0.295 e. The average molecular weight is 605 g/mol. The van der Waals surface area contributed by atoms with Gasteiger partial charge in [0, 0.05) is 32.4 Å². The number of pyridine rings is 1. The number of morpholine rings is 1. The van der Waals surface area contributed by atoms with Crippen LogP contribution in [-0.4, -0.2) is 88.6 Å². The van der Waals surface area contributed by atoms with Crippen molar-refractivity contribution in [1.82, 2.24) is 19.2 Å². The van der Waals surface area contributed by atoms with E-state index in [1.807, 2.05) is 61.7 Å². The van der Waals surface area contributed by atoms with Crippen LogP contribution in [0.3, 0.4) is 0 Å². The Balaban J connectivity index is 1.56. The number of amides is 1. The van der Waals surface area contributed by atoms with Crippen LogP contribution in [0.25, 0.3) is 11.4 Å². The molecule has 10 heteroatoms. The van der Waals surface area contributed by atoms with E-state index in [2.05, 4.69) is 18.7 Å². The van der Waals surface area contributed by atoms with Crippen LogP contribution in [0.15, 0.2) is 42.1 Å². The Kier molecular flexibility index (Phi) is 9.90. The number of aromatic nitrogens is 2. The molecular weight excluding hydrogens is 560 g/mol. The molecule has 1 aromatic carbocycles. The number of ether oxygens (including phenoxy) is 3. The Morgan fingerprint density at radius 3 is 2.57 bits per heavy atom. The fourth-order valence-corrected chi connectivity index (χ4v) is 5.91. The van der Waals surface area contributed by atoms with E-state index < -0.39 is 17.7 Å². The summed E-state index contributed by atoms with van der Waals surface area (Å²) in [5.74, 6) is 0.00160. The molecule has 4 heterocycles. The summed E-state index contributed by atoms with van der Waals surface area (Å²) in [6.45, 7) is 15.1. The molecule has 1 amide bonds. The zero-order chi connectivity index (χ0) is 31.4. The monoisotopic (exact) mass is 604 g/mol. The fraction of sp³-hybridized carbons (Fsp3) is 0.500. The predicted molar refractivity (Wildman–Crippen MR) is 168 cm³/mol. The molecule has 5 rings (SSSR count). The van der Waals surface area contributed by atoms with Crippen LogP contribution in [0, 0.1) is 19.8 Å². The number of imidazole rings is 1. The second kappa shape index (κ2) is 13.8. The minimum absolute atomic E-state index is 0.0291. The lowest BCUT2D eigenvalue weighted by atomic mass is 9.96. The number of Topliss-reactive ketones (excluding diaryl/α,β-unsaturated/α-hetero) is 1. The number of aryl methyl sites for hydroxylation is 2. The van der Waals surface area contributed by atoms with Gasteiger partial charge in [-0.1, -0.05) is 26.0 Å². The zero-order valence-electron chi connectivity index (χ0n) is 26.5. The molecule has 2 aromatic heterocycles. The number of carbonyl (C=O) groups is 2. The highest BCUT2D eigenvalue weighted by Gasteiger charge is 2.46. The Hall–Kier alpha value is -3.89. The van der Waals surface area contributed by atoms with E-state index in [1.165, 1.54) is 0 Å². The number of aliphatic hydroxyl groups is 1. The normalized spacial score (nSPS) is 19.0. The summed E-state index contributed by atoms with van der Waals surface area (Å²) < 4.78 is 19.4. The van der Waals surface area contributed by atoms with Crippen LogP contribution < -0.4 is 9.47 Å². The van der Waals surface area contributed by atoms with Gasteiger partial charge in [-0.15, -0.1) is 0 Å². The number of aliphatic hydroxyl groups excluding tert-OH is 1. The third kappa shape index (κ3) is 6.46. The molecular formula is C34H44N4O6. The van der Waals surface area contributed by atoms with E-state index in [0.29, 0.717) is 73.7 Å². The zero-order valence-corrected chi connectivity index (χ0v) is 26.5. The number of rotatable bonds is 12. The summed E-state index contributed by atoms with van der Waals surface area (Å²) >= 11 is 0. The second-order valence-corrected chi connectivity index (χ2v) is 11.9. The highest BCUT2D eigenvalue weighted by Crippen LogP contribution is 2.42. The van der Waals surface area contributed by atoms with Crippen molar-refractivity contribution in [3.05, 3.63) is 64.6 Å². The molecule has 2 saturated heterocycles. The van der Waals surface area contributed by atoms with Crippen molar-refractivity contribution >= 4 is 23.1 Å². The molecule has 0 spiro atoms. The number of nitrogens with zero attached hydrogens (tertiary/aromatic N) is 4. The number of hydrogen-bond donors (Lipinski definition) is 1. The Bertz CT molecular complexity index is 1540. The number of hydrogen-bond acceptors (Lipinski definition) is 8. The number of fused-ring (bicyclic) bond motifs is 1. The topological polar surface area (TPSA) is 106 Å². The Labute approximate surface area is 259 Å². The third-order valence-corrected chi connectivity index (χ3v) is 8.36. The van der Waals surface area contributed by atoms with Gasteiger partial charge in [-0.25, -0.2) is 4.98 Å². The van der Waals surface area contributed by atoms with Crippen LogP contribution in [0.5, 0.6) is 11.5 Å². The van der Waals surface area contributed by atoms with Crippen molar-refractivity contribution in [2.24, 2.45) is 5.92 Å². The van der Waals surface area contributed by atoms with Crippen molar-refractivity contribution in [2.75, 3.05) is 52.6 Å². The molecule has 0 aliphatic carbocycles. The van der Waals surface area contributed by atoms with Gasteiger partial charge in [0.1, 0.15) is 11.3 Å². The lowest BCUT2D eigenvalue weighted by Gasteiger charge is -2.29. The first-order chi connectivity index (χ1) is 21.2. The van der Waals surface area contributed by atoms with E-state index >= 15 is 0 Å². The molecule has 3 aromatic rings. The van der Waals surface area contributed by atoms with Crippen molar-refractivity contribution in [1.29, 1.82) is 0 Å². The molecule has 0 radical (unpaired) electrons. The molecule has 236 valence electrons.